The molecule has 0 unspecified atom stereocenters. The summed E-state index contributed by atoms with van der Waals surface area (Å²) in [4.78, 5) is 15.5. The van der Waals surface area contributed by atoms with E-state index in [0.29, 0.717) is 12.2 Å². The number of halogens is 1. The minimum absolute atomic E-state index is 0.154. The van der Waals surface area contributed by atoms with Crippen molar-refractivity contribution in [1.29, 1.82) is 0 Å². The van der Waals surface area contributed by atoms with Crippen LogP contribution in [0.1, 0.15) is 22.2 Å². The van der Waals surface area contributed by atoms with Crippen LogP contribution in [0.15, 0.2) is 27.8 Å². The minimum atomic E-state index is -0.376. The number of nitrogens with zero attached hydrogens (tertiary/aromatic N) is 3. The van der Waals surface area contributed by atoms with Crippen LogP contribution in [0.25, 0.3) is 20.5 Å². The molecule has 7 heteroatoms. The van der Waals surface area contributed by atoms with E-state index in [1.165, 1.54) is 11.3 Å². The summed E-state index contributed by atoms with van der Waals surface area (Å²) in [6, 6.07) is 5.67. The molecule has 0 aliphatic rings. The van der Waals surface area contributed by atoms with Gasteiger partial charge in [-0.25, -0.2) is 4.79 Å². The second kappa shape index (κ2) is 6.06. The van der Waals surface area contributed by atoms with E-state index in [4.69, 9.17) is 10.3 Å². The molecule has 98 valence electrons. The van der Waals surface area contributed by atoms with Crippen molar-refractivity contribution in [3.63, 3.8) is 0 Å². The van der Waals surface area contributed by atoms with Crippen LogP contribution in [-0.2, 0) is 11.3 Å². The molecular formula is C12H10BrN3O2S. The zero-order valence-electron chi connectivity index (χ0n) is 10.1. The van der Waals surface area contributed by atoms with E-state index in [0.717, 1.165) is 19.4 Å². The van der Waals surface area contributed by atoms with Crippen LogP contribution in [0.4, 0.5) is 0 Å². The summed E-state index contributed by atoms with van der Waals surface area (Å²) in [5.74, 6) is -0.376. The highest BCUT2D eigenvalue weighted by Gasteiger charge is 2.19. The Balaban J connectivity index is 2.60. The lowest BCUT2D eigenvalue weighted by Crippen LogP contribution is -2.06. The summed E-state index contributed by atoms with van der Waals surface area (Å²) in [5.41, 5.74) is 8.92. The molecule has 0 bridgehead atoms. The van der Waals surface area contributed by atoms with E-state index in [1.807, 2.05) is 18.2 Å². The Morgan fingerprint density at radius 1 is 1.58 bits per heavy atom. The summed E-state index contributed by atoms with van der Waals surface area (Å²) < 4.78 is 6.96. The number of esters is 1. The van der Waals surface area contributed by atoms with Crippen LogP contribution < -0.4 is 0 Å². The van der Waals surface area contributed by atoms with Crippen molar-refractivity contribution >= 4 is 43.3 Å². The summed E-state index contributed by atoms with van der Waals surface area (Å²) in [5, 5.41) is 4.36. The standard InChI is InChI=1S/C12H10BrN3O2S/c1-2-18-12(17)11-8-4-3-7(13)5-9(8)19-10(11)6-15-16-14/h3-5H,2,6H2,1H3. The number of ether oxygens (including phenoxy) is 1. The first-order valence-corrected chi connectivity index (χ1v) is 7.17. The summed E-state index contributed by atoms with van der Waals surface area (Å²) in [6.07, 6.45) is 0. The van der Waals surface area contributed by atoms with Gasteiger partial charge in [0, 0.05) is 24.3 Å². The first-order valence-electron chi connectivity index (χ1n) is 5.56. The number of hydrogen-bond donors (Lipinski definition) is 0. The van der Waals surface area contributed by atoms with Gasteiger partial charge in [0.2, 0.25) is 0 Å². The topological polar surface area (TPSA) is 75.1 Å². The summed E-state index contributed by atoms with van der Waals surface area (Å²) in [6.45, 7) is 2.23. The fourth-order valence-corrected chi connectivity index (χ4v) is 3.42. The molecule has 0 spiro atoms. The molecule has 1 heterocycles. The van der Waals surface area contributed by atoms with Gasteiger partial charge in [-0.3, -0.25) is 0 Å². The lowest BCUT2D eigenvalue weighted by molar-refractivity contribution is 0.0528. The van der Waals surface area contributed by atoms with Crippen LogP contribution >= 0.6 is 27.3 Å². The monoisotopic (exact) mass is 339 g/mol. The van der Waals surface area contributed by atoms with E-state index >= 15 is 0 Å². The molecule has 2 rings (SSSR count). The Hall–Kier alpha value is -1.56. The molecule has 1 aromatic heterocycles. The van der Waals surface area contributed by atoms with E-state index in [9.17, 15) is 4.79 Å². The molecule has 0 fully saturated rings. The van der Waals surface area contributed by atoms with Crippen molar-refractivity contribution in [2.75, 3.05) is 6.61 Å². The SMILES string of the molecule is CCOC(=O)c1c(CN=[N+]=[N-])sc2cc(Br)ccc12. The van der Waals surface area contributed by atoms with Crippen molar-refractivity contribution in [3.8, 4) is 0 Å². The molecule has 0 saturated carbocycles. The first kappa shape index (κ1) is 13.9. The van der Waals surface area contributed by atoms with Crippen molar-refractivity contribution < 1.29 is 9.53 Å². The van der Waals surface area contributed by atoms with Crippen LogP contribution in [-0.4, -0.2) is 12.6 Å². The molecule has 2 aromatic rings. The number of benzene rings is 1. The molecular weight excluding hydrogens is 330 g/mol. The average molecular weight is 340 g/mol. The molecule has 0 aliphatic heterocycles. The number of carbonyl (C=O) groups is 1. The molecule has 0 N–H and O–H groups in total. The number of rotatable bonds is 4. The number of carbonyl (C=O) groups excluding carboxylic acids is 1. The zero-order chi connectivity index (χ0) is 13.8. The third-order valence-corrected chi connectivity index (χ3v) is 4.11. The molecule has 1 aromatic carbocycles. The van der Waals surface area contributed by atoms with Gasteiger partial charge < -0.3 is 4.74 Å². The van der Waals surface area contributed by atoms with Crippen molar-refractivity contribution in [1.82, 2.24) is 0 Å². The smallest absolute Gasteiger partial charge is 0.339 e. The Bertz CT molecular complexity index is 677. The van der Waals surface area contributed by atoms with Crippen molar-refractivity contribution in [2.24, 2.45) is 5.11 Å². The molecule has 0 radical (unpaired) electrons. The Morgan fingerprint density at radius 2 is 2.37 bits per heavy atom. The average Bonchev–Trinajstić information content (AvgIpc) is 2.73. The third kappa shape index (κ3) is 2.89. The third-order valence-electron chi connectivity index (χ3n) is 2.48. The first-order chi connectivity index (χ1) is 9.17. The highest BCUT2D eigenvalue weighted by Crippen LogP contribution is 2.34. The van der Waals surface area contributed by atoms with Crippen LogP contribution in [0, 0.1) is 0 Å². The quantitative estimate of drug-likeness (QED) is 0.352. The number of hydrogen-bond acceptors (Lipinski definition) is 4. The maximum absolute atomic E-state index is 12.0. The van der Waals surface area contributed by atoms with Crippen LogP contribution in [0.2, 0.25) is 0 Å². The highest BCUT2D eigenvalue weighted by atomic mass is 79.9. The van der Waals surface area contributed by atoms with Gasteiger partial charge >= 0.3 is 5.97 Å². The number of fused-ring (bicyclic) bond motifs is 1. The molecule has 0 atom stereocenters. The zero-order valence-corrected chi connectivity index (χ0v) is 12.5. The van der Waals surface area contributed by atoms with Crippen LogP contribution in [0.3, 0.4) is 0 Å². The van der Waals surface area contributed by atoms with Gasteiger partial charge in [0.05, 0.1) is 18.7 Å². The summed E-state index contributed by atoms with van der Waals surface area (Å²) >= 11 is 4.83. The molecule has 19 heavy (non-hydrogen) atoms. The maximum atomic E-state index is 12.0. The molecule has 0 aliphatic carbocycles. The van der Waals surface area contributed by atoms with Gasteiger partial charge in [0.1, 0.15) is 0 Å². The van der Waals surface area contributed by atoms with Crippen LogP contribution in [0.5, 0.6) is 0 Å². The lowest BCUT2D eigenvalue weighted by Gasteiger charge is -2.02. The highest BCUT2D eigenvalue weighted by molar-refractivity contribution is 9.10. The fraction of sp³-hybridized carbons (Fsp3) is 0.250. The van der Waals surface area contributed by atoms with Gasteiger partial charge in [-0.2, -0.15) is 0 Å². The predicted octanol–water partition coefficient (Wildman–Crippen LogP) is 4.65. The molecule has 5 nitrogen and oxygen atoms in total. The van der Waals surface area contributed by atoms with Gasteiger partial charge in [-0.05, 0) is 24.6 Å². The van der Waals surface area contributed by atoms with Gasteiger partial charge in [0.25, 0.3) is 0 Å². The van der Waals surface area contributed by atoms with Gasteiger partial charge in [-0.15, -0.1) is 11.3 Å². The minimum Gasteiger partial charge on any atom is -0.462 e. The van der Waals surface area contributed by atoms with Crippen molar-refractivity contribution in [3.05, 3.63) is 43.6 Å². The van der Waals surface area contributed by atoms with Gasteiger partial charge in [-0.1, -0.05) is 27.1 Å². The van der Waals surface area contributed by atoms with Gasteiger partial charge in [0.15, 0.2) is 0 Å². The maximum Gasteiger partial charge on any atom is 0.339 e. The largest absolute Gasteiger partial charge is 0.462 e. The fourth-order valence-electron chi connectivity index (χ4n) is 1.76. The normalized spacial score (nSPS) is 10.2. The summed E-state index contributed by atoms with van der Waals surface area (Å²) in [7, 11) is 0. The van der Waals surface area contributed by atoms with E-state index in [2.05, 4.69) is 26.0 Å². The Morgan fingerprint density at radius 3 is 3.05 bits per heavy atom. The van der Waals surface area contributed by atoms with Crippen molar-refractivity contribution in [2.45, 2.75) is 13.5 Å². The van der Waals surface area contributed by atoms with E-state index < -0.39 is 0 Å². The van der Waals surface area contributed by atoms with E-state index in [-0.39, 0.29) is 12.5 Å². The Labute approximate surface area is 121 Å². The number of thiophene rings is 1. The Kier molecular flexibility index (Phi) is 4.42. The predicted molar refractivity (Wildman–Crippen MR) is 78.3 cm³/mol. The number of azide groups is 1. The second-order valence-corrected chi connectivity index (χ2v) is 5.70. The second-order valence-electron chi connectivity index (χ2n) is 3.65. The van der Waals surface area contributed by atoms with E-state index in [1.54, 1.807) is 6.92 Å². The molecule has 0 amide bonds. The molecule has 0 saturated heterocycles. The lowest BCUT2D eigenvalue weighted by atomic mass is 10.1.